The van der Waals surface area contributed by atoms with E-state index in [0.29, 0.717) is 11.4 Å². The summed E-state index contributed by atoms with van der Waals surface area (Å²) in [6.45, 7) is 2.17. The summed E-state index contributed by atoms with van der Waals surface area (Å²) in [4.78, 5) is 8.77. The van der Waals surface area contributed by atoms with Crippen molar-refractivity contribution in [2.75, 3.05) is 33.9 Å². The standard InChI is InChI=1S/C14H23N3O2S/c1-6-20(18,19)13-9-7-12(8-10-13)11-15-14(16(2)3)17(4)5/h7-10H,6,11H2,1-5H3. The van der Waals surface area contributed by atoms with Crippen molar-refractivity contribution in [3.63, 3.8) is 0 Å². The van der Waals surface area contributed by atoms with E-state index < -0.39 is 9.84 Å². The molecule has 0 amide bonds. The van der Waals surface area contributed by atoms with E-state index in [-0.39, 0.29) is 5.75 Å². The van der Waals surface area contributed by atoms with Gasteiger partial charge < -0.3 is 9.80 Å². The highest BCUT2D eigenvalue weighted by Crippen LogP contribution is 2.13. The topological polar surface area (TPSA) is 53.0 Å². The van der Waals surface area contributed by atoms with Gasteiger partial charge in [0.05, 0.1) is 17.2 Å². The predicted octanol–water partition coefficient (Wildman–Crippen LogP) is 1.46. The van der Waals surface area contributed by atoms with Crippen molar-refractivity contribution in [3.8, 4) is 0 Å². The average Bonchev–Trinajstić information content (AvgIpc) is 2.38. The van der Waals surface area contributed by atoms with Crippen molar-refractivity contribution in [1.29, 1.82) is 0 Å². The molecule has 0 aromatic heterocycles. The van der Waals surface area contributed by atoms with Gasteiger partial charge in [0.1, 0.15) is 0 Å². The third-order valence-corrected chi connectivity index (χ3v) is 4.62. The summed E-state index contributed by atoms with van der Waals surface area (Å²) in [5.41, 5.74) is 0.987. The maximum atomic E-state index is 11.7. The molecule has 6 heteroatoms. The first-order valence-corrected chi connectivity index (χ1v) is 8.14. The Morgan fingerprint density at radius 2 is 1.55 bits per heavy atom. The molecule has 0 atom stereocenters. The third-order valence-electron chi connectivity index (χ3n) is 2.87. The number of nitrogens with zero attached hydrogens (tertiary/aromatic N) is 3. The minimum atomic E-state index is -3.13. The summed E-state index contributed by atoms with van der Waals surface area (Å²) in [5, 5.41) is 0. The second-order valence-electron chi connectivity index (χ2n) is 4.95. The highest BCUT2D eigenvalue weighted by atomic mass is 32.2. The molecular formula is C14H23N3O2S. The number of benzene rings is 1. The van der Waals surface area contributed by atoms with Crippen LogP contribution in [-0.4, -0.2) is 58.1 Å². The Balaban J connectivity index is 2.88. The molecule has 0 spiro atoms. The first-order valence-electron chi connectivity index (χ1n) is 6.48. The van der Waals surface area contributed by atoms with E-state index in [1.54, 1.807) is 19.1 Å². The Morgan fingerprint density at radius 3 is 1.95 bits per heavy atom. The van der Waals surface area contributed by atoms with Crippen LogP contribution in [0.25, 0.3) is 0 Å². The van der Waals surface area contributed by atoms with Gasteiger partial charge in [-0.2, -0.15) is 0 Å². The van der Waals surface area contributed by atoms with Gasteiger partial charge in [-0.25, -0.2) is 13.4 Å². The molecule has 0 saturated heterocycles. The van der Waals surface area contributed by atoms with Crippen LogP contribution in [-0.2, 0) is 16.4 Å². The summed E-state index contributed by atoms with van der Waals surface area (Å²) in [5.74, 6) is 0.992. The molecular weight excluding hydrogens is 274 g/mol. The van der Waals surface area contributed by atoms with Crippen LogP contribution in [0, 0.1) is 0 Å². The highest BCUT2D eigenvalue weighted by molar-refractivity contribution is 7.91. The lowest BCUT2D eigenvalue weighted by atomic mass is 10.2. The normalized spacial score (nSPS) is 11.1. The molecule has 0 radical (unpaired) electrons. The first kappa shape index (κ1) is 16.5. The minimum absolute atomic E-state index is 0.121. The molecule has 0 saturated carbocycles. The fraction of sp³-hybridized carbons (Fsp3) is 0.500. The maximum absolute atomic E-state index is 11.7. The van der Waals surface area contributed by atoms with Gasteiger partial charge in [-0.1, -0.05) is 19.1 Å². The van der Waals surface area contributed by atoms with Crippen molar-refractivity contribution < 1.29 is 8.42 Å². The minimum Gasteiger partial charge on any atom is -0.349 e. The fourth-order valence-corrected chi connectivity index (χ4v) is 2.70. The van der Waals surface area contributed by atoms with Gasteiger partial charge in [-0.05, 0) is 17.7 Å². The smallest absolute Gasteiger partial charge is 0.195 e. The van der Waals surface area contributed by atoms with Crippen LogP contribution >= 0.6 is 0 Å². The summed E-state index contributed by atoms with van der Waals surface area (Å²) in [7, 11) is 4.64. The zero-order valence-electron chi connectivity index (χ0n) is 12.8. The molecule has 5 nitrogen and oxygen atoms in total. The summed E-state index contributed by atoms with van der Waals surface area (Å²) >= 11 is 0. The molecule has 0 bridgehead atoms. The largest absolute Gasteiger partial charge is 0.349 e. The number of hydrogen-bond acceptors (Lipinski definition) is 3. The van der Waals surface area contributed by atoms with Gasteiger partial charge in [0, 0.05) is 28.2 Å². The van der Waals surface area contributed by atoms with Crippen LogP contribution in [0.1, 0.15) is 12.5 Å². The third kappa shape index (κ3) is 4.23. The van der Waals surface area contributed by atoms with Gasteiger partial charge in [0.15, 0.2) is 15.8 Å². The van der Waals surface area contributed by atoms with Gasteiger partial charge in [0.2, 0.25) is 0 Å². The van der Waals surface area contributed by atoms with E-state index >= 15 is 0 Å². The number of sulfone groups is 1. The lowest BCUT2D eigenvalue weighted by Crippen LogP contribution is -2.35. The molecule has 112 valence electrons. The zero-order valence-corrected chi connectivity index (χ0v) is 13.6. The van der Waals surface area contributed by atoms with Gasteiger partial charge >= 0.3 is 0 Å². The van der Waals surface area contributed by atoms with Crippen molar-refractivity contribution in [1.82, 2.24) is 9.80 Å². The molecule has 0 fully saturated rings. The van der Waals surface area contributed by atoms with Crippen LogP contribution < -0.4 is 0 Å². The molecule has 1 aromatic rings. The Labute approximate surface area is 121 Å². The second kappa shape index (κ2) is 6.74. The summed E-state index contributed by atoms with van der Waals surface area (Å²) < 4.78 is 23.4. The number of guanidine groups is 1. The second-order valence-corrected chi connectivity index (χ2v) is 7.23. The van der Waals surface area contributed by atoms with Gasteiger partial charge in [0.25, 0.3) is 0 Å². The molecule has 0 unspecified atom stereocenters. The monoisotopic (exact) mass is 297 g/mol. The van der Waals surface area contributed by atoms with E-state index in [1.807, 2.05) is 50.1 Å². The first-order chi connectivity index (χ1) is 9.27. The Bertz CT molecular complexity index is 551. The predicted molar refractivity (Wildman–Crippen MR) is 82.7 cm³/mol. The molecule has 1 aromatic carbocycles. The van der Waals surface area contributed by atoms with Crippen molar-refractivity contribution >= 4 is 15.8 Å². The lowest BCUT2D eigenvalue weighted by Gasteiger charge is -2.22. The molecule has 0 N–H and O–H groups in total. The maximum Gasteiger partial charge on any atom is 0.195 e. The Kier molecular flexibility index (Phi) is 5.56. The average molecular weight is 297 g/mol. The van der Waals surface area contributed by atoms with E-state index in [2.05, 4.69) is 4.99 Å². The molecule has 0 aliphatic carbocycles. The number of aliphatic imine (C=N–C) groups is 1. The Morgan fingerprint density at radius 1 is 1.05 bits per heavy atom. The van der Waals surface area contributed by atoms with Crippen LogP contribution in [0.5, 0.6) is 0 Å². The SMILES string of the molecule is CCS(=O)(=O)c1ccc(CN=C(N(C)C)N(C)C)cc1. The van der Waals surface area contributed by atoms with E-state index in [0.717, 1.165) is 11.5 Å². The van der Waals surface area contributed by atoms with Crippen LogP contribution in [0.2, 0.25) is 0 Å². The van der Waals surface area contributed by atoms with Crippen LogP contribution in [0.15, 0.2) is 34.2 Å². The van der Waals surface area contributed by atoms with Crippen molar-refractivity contribution in [2.45, 2.75) is 18.4 Å². The lowest BCUT2D eigenvalue weighted by molar-refractivity contribution is 0.479. The molecule has 0 aliphatic heterocycles. The molecule has 0 heterocycles. The van der Waals surface area contributed by atoms with Crippen molar-refractivity contribution in [3.05, 3.63) is 29.8 Å². The summed E-state index contributed by atoms with van der Waals surface area (Å²) in [6, 6.07) is 6.92. The van der Waals surface area contributed by atoms with E-state index in [1.165, 1.54) is 0 Å². The van der Waals surface area contributed by atoms with Crippen molar-refractivity contribution in [2.24, 2.45) is 4.99 Å². The molecule has 1 rings (SSSR count). The number of rotatable bonds is 4. The zero-order chi connectivity index (χ0) is 15.3. The fourth-order valence-electron chi connectivity index (χ4n) is 1.81. The van der Waals surface area contributed by atoms with Gasteiger partial charge in [-0.15, -0.1) is 0 Å². The molecule has 20 heavy (non-hydrogen) atoms. The quantitative estimate of drug-likeness (QED) is 0.624. The highest BCUT2D eigenvalue weighted by Gasteiger charge is 2.10. The summed E-state index contributed by atoms with van der Waals surface area (Å²) in [6.07, 6.45) is 0. The van der Waals surface area contributed by atoms with E-state index in [4.69, 9.17) is 0 Å². The van der Waals surface area contributed by atoms with Gasteiger partial charge in [-0.3, -0.25) is 0 Å². The van der Waals surface area contributed by atoms with E-state index in [9.17, 15) is 8.42 Å². The van der Waals surface area contributed by atoms with Crippen LogP contribution in [0.4, 0.5) is 0 Å². The molecule has 0 aliphatic rings. The number of hydrogen-bond donors (Lipinski definition) is 0. The van der Waals surface area contributed by atoms with Crippen LogP contribution in [0.3, 0.4) is 0 Å². The Hall–Kier alpha value is -1.56.